The number of fused-ring (bicyclic) bond motifs is 2. The highest BCUT2D eigenvalue weighted by Gasteiger charge is 2.47. The zero-order valence-corrected chi connectivity index (χ0v) is 24.8. The minimum absolute atomic E-state index is 0.176. The van der Waals surface area contributed by atoms with Crippen LogP contribution in [-0.2, 0) is 14.3 Å². The summed E-state index contributed by atoms with van der Waals surface area (Å²) >= 11 is 9.40. The van der Waals surface area contributed by atoms with Gasteiger partial charge in [0.25, 0.3) is 0 Å². The van der Waals surface area contributed by atoms with E-state index < -0.39 is 12.6 Å². The Morgan fingerprint density at radius 3 is 2.24 bits per heavy atom. The van der Waals surface area contributed by atoms with E-state index in [9.17, 15) is 19.2 Å². The van der Waals surface area contributed by atoms with Gasteiger partial charge in [0.2, 0.25) is 11.8 Å². The average molecular weight is 644 g/mol. The van der Waals surface area contributed by atoms with Crippen LogP contribution in [0.15, 0.2) is 83.4 Å². The van der Waals surface area contributed by atoms with Gasteiger partial charge < -0.3 is 4.74 Å². The first-order valence-corrected chi connectivity index (χ1v) is 14.6. The Hall–Kier alpha value is -4.14. The van der Waals surface area contributed by atoms with Crippen molar-refractivity contribution in [3.63, 3.8) is 0 Å². The lowest BCUT2D eigenvalue weighted by molar-refractivity contribution is -0.122. The molecule has 2 atom stereocenters. The van der Waals surface area contributed by atoms with Crippen LogP contribution in [-0.4, -0.2) is 35.2 Å². The number of ether oxygens (including phenoxy) is 1. The first-order chi connectivity index (χ1) is 20.2. The van der Waals surface area contributed by atoms with Gasteiger partial charge in [-0.25, -0.2) is 9.78 Å². The van der Waals surface area contributed by atoms with E-state index in [1.165, 1.54) is 4.90 Å². The topological polar surface area (TPSA) is 93.6 Å². The molecule has 1 aromatic heterocycles. The molecule has 7 nitrogen and oxygen atoms in total. The van der Waals surface area contributed by atoms with Crippen LogP contribution in [0.4, 0.5) is 5.69 Å². The number of aryl methyl sites for hydroxylation is 1. The third-order valence-corrected chi connectivity index (χ3v) is 8.43. The monoisotopic (exact) mass is 642 g/mol. The summed E-state index contributed by atoms with van der Waals surface area (Å²) < 4.78 is 6.23. The van der Waals surface area contributed by atoms with E-state index in [0.29, 0.717) is 51.3 Å². The van der Waals surface area contributed by atoms with Crippen LogP contribution < -0.4 is 4.90 Å². The minimum atomic E-state index is -0.662. The zero-order valence-electron chi connectivity index (χ0n) is 22.5. The van der Waals surface area contributed by atoms with Crippen LogP contribution in [0.25, 0.3) is 22.2 Å². The van der Waals surface area contributed by atoms with Crippen molar-refractivity contribution in [3.05, 3.63) is 105 Å². The van der Waals surface area contributed by atoms with E-state index in [0.717, 1.165) is 10.0 Å². The van der Waals surface area contributed by atoms with Crippen molar-refractivity contribution in [2.75, 3.05) is 11.5 Å². The molecule has 4 aromatic rings. The molecule has 1 fully saturated rings. The number of rotatable bonds is 6. The van der Waals surface area contributed by atoms with E-state index in [4.69, 9.17) is 21.3 Å². The van der Waals surface area contributed by atoms with Gasteiger partial charge in [0, 0.05) is 26.0 Å². The average Bonchev–Trinajstić information content (AvgIpc) is 3.25. The van der Waals surface area contributed by atoms with Crippen molar-refractivity contribution in [2.24, 2.45) is 11.8 Å². The van der Waals surface area contributed by atoms with Gasteiger partial charge in [-0.3, -0.25) is 19.3 Å². The zero-order chi connectivity index (χ0) is 29.5. The lowest BCUT2D eigenvalue weighted by Crippen LogP contribution is -2.30. The van der Waals surface area contributed by atoms with E-state index in [2.05, 4.69) is 15.9 Å². The van der Waals surface area contributed by atoms with Crippen molar-refractivity contribution in [1.29, 1.82) is 0 Å². The SMILES string of the molecule is Cc1cc(Br)cc2c(C(=O)OCC(=O)c3ccc(Cl)cc3)cc(-c3ccc(N4C(=O)C5CC=CCC5C4=O)cc3)nc12. The second-order valence-electron chi connectivity index (χ2n) is 10.4. The molecule has 0 saturated carbocycles. The number of ketones is 1. The van der Waals surface area contributed by atoms with Gasteiger partial charge in [0.15, 0.2) is 12.4 Å². The van der Waals surface area contributed by atoms with Gasteiger partial charge in [-0.15, -0.1) is 0 Å². The number of halogens is 2. The number of nitrogens with zero attached hydrogens (tertiary/aromatic N) is 2. The number of benzene rings is 3. The number of amides is 2. The summed E-state index contributed by atoms with van der Waals surface area (Å²) in [6.07, 6.45) is 5.07. The fraction of sp³-hybridized carbons (Fsp3) is 0.182. The lowest BCUT2D eigenvalue weighted by atomic mass is 9.85. The van der Waals surface area contributed by atoms with Crippen molar-refractivity contribution < 1.29 is 23.9 Å². The number of esters is 1. The lowest BCUT2D eigenvalue weighted by Gasteiger charge is -2.16. The molecule has 0 N–H and O–H groups in total. The van der Waals surface area contributed by atoms with E-state index >= 15 is 0 Å². The second kappa shape index (κ2) is 11.3. The highest BCUT2D eigenvalue weighted by Crippen LogP contribution is 2.38. The fourth-order valence-corrected chi connectivity index (χ4v) is 6.24. The van der Waals surface area contributed by atoms with Crippen LogP contribution in [0, 0.1) is 18.8 Å². The molecule has 1 aliphatic heterocycles. The molecule has 1 aliphatic carbocycles. The van der Waals surface area contributed by atoms with Gasteiger partial charge in [-0.1, -0.05) is 51.8 Å². The maximum atomic E-state index is 13.4. The molecule has 3 aromatic carbocycles. The van der Waals surface area contributed by atoms with Gasteiger partial charge in [0.1, 0.15) is 0 Å². The van der Waals surface area contributed by atoms with Crippen LogP contribution in [0.5, 0.6) is 0 Å². The predicted octanol–water partition coefficient (Wildman–Crippen LogP) is 7.12. The summed E-state index contributed by atoms with van der Waals surface area (Å²) in [5.74, 6) is -1.99. The van der Waals surface area contributed by atoms with Crippen molar-refractivity contribution in [3.8, 4) is 11.3 Å². The second-order valence-corrected chi connectivity index (χ2v) is 11.7. The number of pyridine rings is 1. The maximum Gasteiger partial charge on any atom is 0.339 e. The highest BCUT2D eigenvalue weighted by atomic mass is 79.9. The van der Waals surface area contributed by atoms with Gasteiger partial charge >= 0.3 is 5.97 Å². The first-order valence-electron chi connectivity index (χ1n) is 13.4. The Morgan fingerprint density at radius 2 is 1.60 bits per heavy atom. The Bertz CT molecular complexity index is 1770. The molecule has 0 bridgehead atoms. The number of allylic oxidation sites excluding steroid dienone is 2. The van der Waals surface area contributed by atoms with Crippen LogP contribution in [0.1, 0.15) is 39.1 Å². The molecule has 2 amide bonds. The molecular weight excluding hydrogens is 620 g/mol. The summed E-state index contributed by atoms with van der Waals surface area (Å²) in [6, 6.07) is 18.7. The molecule has 2 unspecified atom stereocenters. The standard InChI is InChI=1S/C33H24BrClN2O5/c1-18-14-21(34)15-26-27(33(41)42-17-29(38)20-6-10-22(35)11-7-20)16-28(36-30(18)26)19-8-12-23(13-9-19)37-31(39)24-4-2-3-5-25(24)32(37)40/h2-3,6-16,24-25H,4-5,17H2,1H3. The molecule has 0 radical (unpaired) electrons. The largest absolute Gasteiger partial charge is 0.454 e. The molecule has 9 heteroatoms. The number of carbonyl (C=O) groups excluding carboxylic acids is 4. The normalized spacial score (nSPS) is 17.9. The summed E-state index contributed by atoms with van der Waals surface area (Å²) in [7, 11) is 0. The Balaban J connectivity index is 1.31. The summed E-state index contributed by atoms with van der Waals surface area (Å²) in [5, 5.41) is 1.08. The van der Waals surface area contributed by atoms with Crippen molar-refractivity contribution >= 4 is 67.7 Å². The molecule has 0 spiro atoms. The molecule has 210 valence electrons. The Morgan fingerprint density at radius 1 is 0.952 bits per heavy atom. The Labute approximate surface area is 255 Å². The van der Waals surface area contributed by atoms with Crippen molar-refractivity contribution in [1.82, 2.24) is 4.98 Å². The molecule has 2 aliphatic rings. The number of imide groups is 1. The number of anilines is 1. The first kappa shape index (κ1) is 28.0. The minimum Gasteiger partial charge on any atom is -0.454 e. The van der Waals surface area contributed by atoms with E-state index in [-0.39, 0.29) is 35.0 Å². The van der Waals surface area contributed by atoms with Gasteiger partial charge in [-0.2, -0.15) is 0 Å². The molecule has 6 rings (SSSR count). The van der Waals surface area contributed by atoms with Crippen molar-refractivity contribution in [2.45, 2.75) is 19.8 Å². The number of aromatic nitrogens is 1. The number of Topliss-reactive ketones (excluding diaryl/α,β-unsaturated/α-hetero) is 1. The van der Waals surface area contributed by atoms with Gasteiger partial charge in [0.05, 0.1) is 34.3 Å². The highest BCUT2D eigenvalue weighted by molar-refractivity contribution is 9.10. The number of hydrogen-bond acceptors (Lipinski definition) is 6. The summed E-state index contributed by atoms with van der Waals surface area (Å²) in [5.41, 5.74) is 3.79. The smallest absolute Gasteiger partial charge is 0.339 e. The molecular formula is C33H24BrClN2O5. The van der Waals surface area contributed by atoms with Gasteiger partial charge in [-0.05, 0) is 79.9 Å². The van der Waals surface area contributed by atoms with Crippen LogP contribution in [0.3, 0.4) is 0 Å². The van der Waals surface area contributed by atoms with Crippen LogP contribution >= 0.6 is 27.5 Å². The maximum absolute atomic E-state index is 13.4. The summed E-state index contributed by atoms with van der Waals surface area (Å²) in [4.78, 5) is 58.1. The predicted molar refractivity (Wildman–Crippen MR) is 164 cm³/mol. The number of carbonyl (C=O) groups is 4. The Kier molecular flexibility index (Phi) is 7.51. The fourth-order valence-electron chi connectivity index (χ4n) is 5.54. The molecule has 1 saturated heterocycles. The third kappa shape index (κ3) is 5.16. The van der Waals surface area contributed by atoms with Crippen LogP contribution in [0.2, 0.25) is 5.02 Å². The summed E-state index contributed by atoms with van der Waals surface area (Å²) in [6.45, 7) is 1.46. The quantitative estimate of drug-likeness (QED) is 0.0961. The van der Waals surface area contributed by atoms with E-state index in [1.807, 2.05) is 25.1 Å². The van der Waals surface area contributed by atoms with E-state index in [1.54, 1.807) is 60.7 Å². The molecule has 2 heterocycles. The number of hydrogen-bond donors (Lipinski definition) is 0. The molecule has 42 heavy (non-hydrogen) atoms. The third-order valence-electron chi connectivity index (χ3n) is 7.72.